The maximum atomic E-state index is 11.0. The van der Waals surface area contributed by atoms with Crippen molar-refractivity contribution >= 4 is 11.5 Å². The van der Waals surface area contributed by atoms with E-state index in [1.54, 1.807) is 6.08 Å². The van der Waals surface area contributed by atoms with Crippen molar-refractivity contribution in [3.05, 3.63) is 65.4 Å². The van der Waals surface area contributed by atoms with E-state index < -0.39 is 6.23 Å². The zero-order chi connectivity index (χ0) is 17.1. The fraction of sp³-hybridized carbons (Fsp3) is 0.316. The summed E-state index contributed by atoms with van der Waals surface area (Å²) in [7, 11) is 0. The second-order valence-corrected chi connectivity index (χ2v) is 5.87. The molecule has 1 aromatic carbocycles. The SMILES string of the molecule is C=C/C=C\C(C)=C(/C)N1C(C(C)N)=Nc2cccc(C)c2C1O. The van der Waals surface area contributed by atoms with Crippen LogP contribution in [0.2, 0.25) is 0 Å². The number of aryl methyl sites for hydroxylation is 1. The number of aliphatic hydroxyl groups excluding tert-OH is 1. The van der Waals surface area contributed by atoms with E-state index in [4.69, 9.17) is 10.7 Å². The zero-order valence-corrected chi connectivity index (χ0v) is 14.2. The molecule has 1 aliphatic rings. The van der Waals surface area contributed by atoms with Gasteiger partial charge in [0.05, 0.1) is 11.7 Å². The van der Waals surface area contributed by atoms with Gasteiger partial charge in [0.2, 0.25) is 0 Å². The standard InChI is InChI=1S/C19H25N3O/c1-6-7-9-12(2)15(5)22-18(14(4)20)21-16-11-8-10-13(3)17(16)19(22)23/h6-11,14,19,23H,1,20H2,2-5H3/b9-7-,15-12+. The summed E-state index contributed by atoms with van der Waals surface area (Å²) in [6.07, 6.45) is 4.76. The fourth-order valence-corrected chi connectivity index (χ4v) is 2.73. The van der Waals surface area contributed by atoms with Gasteiger partial charge in [-0.2, -0.15) is 0 Å². The first-order chi connectivity index (χ1) is 10.9. The molecule has 2 unspecified atom stereocenters. The summed E-state index contributed by atoms with van der Waals surface area (Å²) >= 11 is 0. The van der Waals surface area contributed by atoms with E-state index in [0.29, 0.717) is 5.84 Å². The lowest BCUT2D eigenvalue weighted by Crippen LogP contribution is -2.45. The smallest absolute Gasteiger partial charge is 0.160 e. The van der Waals surface area contributed by atoms with Gasteiger partial charge < -0.3 is 15.7 Å². The van der Waals surface area contributed by atoms with Crippen molar-refractivity contribution in [3.63, 3.8) is 0 Å². The molecule has 2 atom stereocenters. The van der Waals surface area contributed by atoms with Gasteiger partial charge >= 0.3 is 0 Å². The van der Waals surface area contributed by atoms with Crippen LogP contribution in [0.4, 0.5) is 5.69 Å². The van der Waals surface area contributed by atoms with Gasteiger partial charge in [-0.05, 0) is 44.9 Å². The maximum absolute atomic E-state index is 11.0. The number of fused-ring (bicyclic) bond motifs is 1. The predicted octanol–water partition coefficient (Wildman–Crippen LogP) is 3.71. The number of aliphatic hydroxyl groups is 1. The first-order valence-corrected chi connectivity index (χ1v) is 7.76. The molecule has 0 spiro atoms. The summed E-state index contributed by atoms with van der Waals surface area (Å²) < 4.78 is 0. The maximum Gasteiger partial charge on any atom is 0.160 e. The predicted molar refractivity (Wildman–Crippen MR) is 96.4 cm³/mol. The molecule has 23 heavy (non-hydrogen) atoms. The molecule has 1 aromatic rings. The minimum Gasteiger partial charge on any atom is -0.369 e. The Morgan fingerprint density at radius 3 is 2.74 bits per heavy atom. The van der Waals surface area contributed by atoms with Gasteiger partial charge in [-0.15, -0.1) is 0 Å². The number of benzene rings is 1. The van der Waals surface area contributed by atoms with Gasteiger partial charge in [-0.25, -0.2) is 4.99 Å². The van der Waals surface area contributed by atoms with Crippen LogP contribution in [0.25, 0.3) is 0 Å². The third-order valence-corrected chi connectivity index (χ3v) is 4.11. The molecule has 2 rings (SSSR count). The van der Waals surface area contributed by atoms with Crippen molar-refractivity contribution in [2.24, 2.45) is 10.7 Å². The number of nitrogens with two attached hydrogens (primary N) is 1. The highest BCUT2D eigenvalue weighted by molar-refractivity contribution is 5.93. The molecule has 122 valence electrons. The van der Waals surface area contributed by atoms with Gasteiger partial charge in [0, 0.05) is 11.3 Å². The number of amidine groups is 1. The molecule has 0 aliphatic carbocycles. The Morgan fingerprint density at radius 1 is 1.43 bits per heavy atom. The number of hydrogen-bond donors (Lipinski definition) is 2. The number of hydrogen-bond acceptors (Lipinski definition) is 4. The summed E-state index contributed by atoms with van der Waals surface area (Å²) in [6.45, 7) is 11.5. The van der Waals surface area contributed by atoms with E-state index in [0.717, 1.165) is 28.1 Å². The Kier molecular flexibility index (Phi) is 5.19. The Morgan fingerprint density at radius 2 is 2.13 bits per heavy atom. The lowest BCUT2D eigenvalue weighted by molar-refractivity contribution is 0.0689. The summed E-state index contributed by atoms with van der Waals surface area (Å²) in [4.78, 5) is 6.52. The first kappa shape index (κ1) is 17.2. The normalized spacial score (nSPS) is 20.0. The first-order valence-electron chi connectivity index (χ1n) is 7.76. The van der Waals surface area contributed by atoms with Gasteiger partial charge in [0.25, 0.3) is 0 Å². The molecule has 0 saturated heterocycles. The third-order valence-electron chi connectivity index (χ3n) is 4.11. The molecule has 1 aliphatic heterocycles. The highest BCUT2D eigenvalue weighted by Gasteiger charge is 2.32. The van der Waals surface area contributed by atoms with Crippen LogP contribution in [0.15, 0.2) is 59.3 Å². The van der Waals surface area contributed by atoms with Gasteiger partial charge in [-0.3, -0.25) is 0 Å². The molecule has 0 fully saturated rings. The summed E-state index contributed by atoms with van der Waals surface area (Å²) in [5.74, 6) is 0.666. The van der Waals surface area contributed by atoms with Gasteiger partial charge in [-0.1, -0.05) is 36.9 Å². The van der Waals surface area contributed by atoms with E-state index >= 15 is 0 Å². The van der Waals surface area contributed by atoms with Crippen LogP contribution >= 0.6 is 0 Å². The molecule has 0 aromatic heterocycles. The third kappa shape index (κ3) is 3.28. The molecular formula is C19H25N3O. The molecule has 0 amide bonds. The zero-order valence-electron chi connectivity index (χ0n) is 14.2. The average molecular weight is 311 g/mol. The summed E-state index contributed by atoms with van der Waals surface area (Å²) in [5, 5.41) is 11.0. The molecule has 1 heterocycles. The molecule has 4 nitrogen and oxygen atoms in total. The Balaban J connectivity index is 2.61. The second-order valence-electron chi connectivity index (χ2n) is 5.87. The monoisotopic (exact) mass is 311 g/mol. The number of nitrogens with zero attached hydrogens (tertiary/aromatic N) is 2. The fourth-order valence-electron chi connectivity index (χ4n) is 2.73. The molecule has 0 radical (unpaired) electrons. The molecule has 0 saturated carbocycles. The minimum atomic E-state index is -0.795. The van der Waals surface area contributed by atoms with Crippen LogP contribution in [-0.2, 0) is 0 Å². The van der Waals surface area contributed by atoms with Crippen molar-refractivity contribution in [1.82, 2.24) is 4.90 Å². The van der Waals surface area contributed by atoms with Crippen LogP contribution in [0.1, 0.15) is 38.1 Å². The lowest BCUT2D eigenvalue weighted by atomic mass is 10.0. The molecule has 4 heteroatoms. The summed E-state index contributed by atoms with van der Waals surface area (Å²) in [6, 6.07) is 5.55. The van der Waals surface area contributed by atoms with E-state index in [1.165, 1.54) is 0 Å². The van der Waals surface area contributed by atoms with E-state index in [9.17, 15) is 5.11 Å². The number of allylic oxidation sites excluding steroid dienone is 5. The van der Waals surface area contributed by atoms with Crippen LogP contribution in [-0.4, -0.2) is 21.9 Å². The van der Waals surface area contributed by atoms with Crippen molar-refractivity contribution < 1.29 is 5.11 Å². The largest absolute Gasteiger partial charge is 0.369 e. The van der Waals surface area contributed by atoms with Crippen LogP contribution in [0.3, 0.4) is 0 Å². The Hall–Kier alpha value is -2.17. The van der Waals surface area contributed by atoms with Crippen molar-refractivity contribution in [1.29, 1.82) is 0 Å². The van der Waals surface area contributed by atoms with Crippen LogP contribution in [0, 0.1) is 6.92 Å². The quantitative estimate of drug-likeness (QED) is 0.833. The average Bonchev–Trinajstić information content (AvgIpc) is 2.51. The van der Waals surface area contributed by atoms with Crippen molar-refractivity contribution in [2.75, 3.05) is 0 Å². The van der Waals surface area contributed by atoms with E-state index in [-0.39, 0.29) is 6.04 Å². The van der Waals surface area contributed by atoms with E-state index in [2.05, 4.69) is 6.58 Å². The highest BCUT2D eigenvalue weighted by Crippen LogP contribution is 2.38. The van der Waals surface area contributed by atoms with Gasteiger partial charge in [0.15, 0.2) is 6.23 Å². The van der Waals surface area contributed by atoms with Crippen molar-refractivity contribution in [2.45, 2.75) is 40.0 Å². The number of aliphatic imine (C=N–C) groups is 1. The van der Waals surface area contributed by atoms with Crippen molar-refractivity contribution in [3.8, 4) is 0 Å². The number of rotatable bonds is 4. The Labute approximate surface area is 138 Å². The summed E-state index contributed by atoms with van der Waals surface area (Å²) in [5.41, 5.74) is 10.7. The van der Waals surface area contributed by atoms with E-state index in [1.807, 2.05) is 62.9 Å². The lowest BCUT2D eigenvalue weighted by Gasteiger charge is -2.38. The topological polar surface area (TPSA) is 61.8 Å². The molecule has 0 bridgehead atoms. The second kappa shape index (κ2) is 6.94. The Bertz CT molecular complexity index is 699. The molecule has 3 N–H and O–H groups in total. The van der Waals surface area contributed by atoms with Crippen LogP contribution in [0.5, 0.6) is 0 Å². The van der Waals surface area contributed by atoms with Gasteiger partial charge in [0.1, 0.15) is 5.84 Å². The van der Waals surface area contributed by atoms with Crippen LogP contribution < -0.4 is 5.73 Å². The highest BCUT2D eigenvalue weighted by atomic mass is 16.3. The minimum absolute atomic E-state index is 0.288. The molecular weight excluding hydrogens is 286 g/mol.